The number of amides is 1. The third kappa shape index (κ3) is 5.35. The first-order valence-electron chi connectivity index (χ1n) is 11.5. The minimum atomic E-state index is -2.09. The number of hydrogen-bond donors (Lipinski definition) is 4. The SMILES string of the molecule is CC(=O)N1CCN(c2ccc(Nc3nc(-c4cccc(CNS(=O)O)c4)nc4cn[nH]c34)cc2)CC1. The summed E-state index contributed by atoms with van der Waals surface area (Å²) in [6.07, 6.45) is 1.65. The van der Waals surface area contributed by atoms with E-state index in [-0.39, 0.29) is 12.5 Å². The lowest BCUT2D eigenvalue weighted by Crippen LogP contribution is -2.48. The summed E-state index contributed by atoms with van der Waals surface area (Å²) in [6, 6.07) is 15.6. The molecule has 4 aromatic rings. The number of hydrogen-bond acceptors (Lipinski definition) is 7. The van der Waals surface area contributed by atoms with Gasteiger partial charge in [-0.2, -0.15) is 5.10 Å². The van der Waals surface area contributed by atoms with Gasteiger partial charge in [-0.3, -0.25) is 14.4 Å². The fourth-order valence-corrected chi connectivity index (χ4v) is 4.49. The van der Waals surface area contributed by atoms with Gasteiger partial charge >= 0.3 is 0 Å². The highest BCUT2D eigenvalue weighted by molar-refractivity contribution is 7.77. The molecular formula is C24H26N8O3S. The summed E-state index contributed by atoms with van der Waals surface area (Å²) in [4.78, 5) is 25.1. The van der Waals surface area contributed by atoms with Crippen molar-refractivity contribution < 1.29 is 13.6 Å². The van der Waals surface area contributed by atoms with Gasteiger partial charge in [-0.1, -0.05) is 18.2 Å². The number of anilines is 3. The van der Waals surface area contributed by atoms with E-state index in [1.54, 1.807) is 13.1 Å². The fraction of sp³-hybridized carbons (Fsp3) is 0.250. The normalized spacial score (nSPS) is 14.7. The summed E-state index contributed by atoms with van der Waals surface area (Å²) in [5.41, 5.74) is 4.95. The third-order valence-electron chi connectivity index (χ3n) is 6.11. The monoisotopic (exact) mass is 506 g/mol. The summed E-state index contributed by atoms with van der Waals surface area (Å²) in [7, 11) is 0. The van der Waals surface area contributed by atoms with Crippen LogP contribution in [0.3, 0.4) is 0 Å². The first kappa shape index (κ1) is 23.9. The molecule has 1 aliphatic rings. The van der Waals surface area contributed by atoms with Crippen molar-refractivity contribution >= 4 is 45.4 Å². The van der Waals surface area contributed by atoms with Crippen LogP contribution in [-0.4, -0.2) is 65.9 Å². The van der Waals surface area contributed by atoms with E-state index in [1.165, 1.54) is 0 Å². The molecule has 0 aliphatic carbocycles. The number of nitrogens with zero attached hydrogens (tertiary/aromatic N) is 5. The molecule has 11 nitrogen and oxygen atoms in total. The van der Waals surface area contributed by atoms with Crippen molar-refractivity contribution in [1.29, 1.82) is 0 Å². The predicted molar refractivity (Wildman–Crippen MR) is 139 cm³/mol. The molecule has 1 aliphatic heterocycles. The predicted octanol–water partition coefficient (Wildman–Crippen LogP) is 2.66. The summed E-state index contributed by atoms with van der Waals surface area (Å²) in [5, 5.41) is 10.5. The Balaban J connectivity index is 1.36. The maximum absolute atomic E-state index is 11.6. The Morgan fingerprint density at radius 3 is 2.61 bits per heavy atom. The molecule has 36 heavy (non-hydrogen) atoms. The molecule has 3 heterocycles. The van der Waals surface area contributed by atoms with Gasteiger partial charge in [0.1, 0.15) is 11.0 Å². The zero-order valence-corrected chi connectivity index (χ0v) is 20.5. The van der Waals surface area contributed by atoms with Crippen LogP contribution < -0.4 is 14.9 Å². The highest BCUT2D eigenvalue weighted by Crippen LogP contribution is 2.27. The molecule has 12 heteroatoms. The van der Waals surface area contributed by atoms with Gasteiger partial charge < -0.3 is 15.1 Å². The second-order valence-corrected chi connectivity index (χ2v) is 9.25. The smallest absolute Gasteiger partial charge is 0.232 e. The Morgan fingerprint density at radius 1 is 1.11 bits per heavy atom. The summed E-state index contributed by atoms with van der Waals surface area (Å²) in [5.74, 6) is 1.22. The Morgan fingerprint density at radius 2 is 1.89 bits per heavy atom. The first-order valence-corrected chi connectivity index (χ1v) is 12.6. The van der Waals surface area contributed by atoms with Crippen LogP contribution in [0.4, 0.5) is 17.2 Å². The quantitative estimate of drug-likeness (QED) is 0.281. The van der Waals surface area contributed by atoms with Gasteiger partial charge in [0.25, 0.3) is 0 Å². The van der Waals surface area contributed by atoms with E-state index in [4.69, 9.17) is 9.54 Å². The third-order valence-corrected chi connectivity index (χ3v) is 6.50. The van der Waals surface area contributed by atoms with Crippen LogP contribution in [0.25, 0.3) is 22.4 Å². The van der Waals surface area contributed by atoms with Crippen LogP contribution in [0.5, 0.6) is 0 Å². The fourth-order valence-electron chi connectivity index (χ4n) is 4.20. The van der Waals surface area contributed by atoms with Crippen LogP contribution >= 0.6 is 0 Å². The van der Waals surface area contributed by atoms with Crippen LogP contribution in [0.2, 0.25) is 0 Å². The highest BCUT2D eigenvalue weighted by atomic mass is 32.2. The molecule has 1 unspecified atom stereocenters. The lowest BCUT2D eigenvalue weighted by molar-refractivity contribution is -0.129. The van der Waals surface area contributed by atoms with E-state index in [0.29, 0.717) is 22.7 Å². The lowest BCUT2D eigenvalue weighted by Gasteiger charge is -2.35. The molecule has 1 fully saturated rings. The molecule has 0 spiro atoms. The van der Waals surface area contributed by atoms with Crippen molar-refractivity contribution in [3.63, 3.8) is 0 Å². The van der Waals surface area contributed by atoms with Gasteiger partial charge in [-0.05, 0) is 35.9 Å². The van der Waals surface area contributed by atoms with Gasteiger partial charge in [0.2, 0.25) is 17.2 Å². The van der Waals surface area contributed by atoms with Gasteiger partial charge in [0.15, 0.2) is 11.6 Å². The van der Waals surface area contributed by atoms with Crippen LogP contribution in [0.15, 0.2) is 54.7 Å². The molecule has 1 saturated heterocycles. The maximum atomic E-state index is 11.6. The Labute approximate surface area is 210 Å². The topological polar surface area (TPSA) is 139 Å². The number of nitrogens with one attached hydrogen (secondary N) is 3. The minimum Gasteiger partial charge on any atom is -0.368 e. The molecule has 0 bridgehead atoms. The zero-order valence-electron chi connectivity index (χ0n) is 19.6. The van der Waals surface area contributed by atoms with E-state index in [1.807, 2.05) is 41.3 Å². The average Bonchev–Trinajstić information content (AvgIpc) is 3.37. The molecule has 0 radical (unpaired) electrons. The summed E-state index contributed by atoms with van der Waals surface area (Å²) >= 11 is -2.09. The Hall–Kier alpha value is -3.87. The van der Waals surface area contributed by atoms with Crippen LogP contribution in [0.1, 0.15) is 12.5 Å². The molecule has 0 saturated carbocycles. The van der Waals surface area contributed by atoms with Gasteiger partial charge in [0.05, 0.1) is 6.20 Å². The second-order valence-electron chi connectivity index (χ2n) is 8.46. The standard InChI is InChI=1S/C24H26N8O3S/c1-16(33)31-9-11-32(12-10-31)20-7-5-19(6-8-20)27-24-22-21(15-25-30-22)28-23(29-24)18-4-2-3-17(13-18)14-26-36(34)35/h2-8,13,15,26H,9-12,14H2,1H3,(H,25,30)(H,34,35)(H,27,28,29). The molecule has 5 rings (SSSR count). The molecule has 4 N–H and O–H groups in total. The number of fused-ring (bicyclic) bond motifs is 1. The number of carbonyl (C=O) groups excluding carboxylic acids is 1. The largest absolute Gasteiger partial charge is 0.368 e. The molecule has 2 aromatic carbocycles. The molecule has 1 atom stereocenters. The van der Waals surface area contributed by atoms with E-state index < -0.39 is 11.3 Å². The van der Waals surface area contributed by atoms with Crippen molar-refractivity contribution in [2.75, 3.05) is 36.4 Å². The van der Waals surface area contributed by atoms with Crippen molar-refractivity contribution in [1.82, 2.24) is 29.8 Å². The van der Waals surface area contributed by atoms with Crippen LogP contribution in [0, 0.1) is 0 Å². The molecule has 186 valence electrons. The number of benzene rings is 2. The van der Waals surface area contributed by atoms with Gasteiger partial charge in [-0.15, -0.1) is 0 Å². The van der Waals surface area contributed by atoms with Crippen LogP contribution in [-0.2, 0) is 22.6 Å². The van der Waals surface area contributed by atoms with Crippen molar-refractivity contribution in [2.24, 2.45) is 0 Å². The van der Waals surface area contributed by atoms with E-state index in [2.05, 4.69) is 42.3 Å². The molecule has 2 aromatic heterocycles. The number of rotatable bonds is 7. The van der Waals surface area contributed by atoms with E-state index >= 15 is 0 Å². The Bertz CT molecular complexity index is 1400. The average molecular weight is 507 g/mol. The number of piperazine rings is 1. The van der Waals surface area contributed by atoms with Gasteiger partial charge in [0, 0.05) is 56.6 Å². The van der Waals surface area contributed by atoms with E-state index in [9.17, 15) is 9.00 Å². The van der Waals surface area contributed by atoms with Gasteiger partial charge in [-0.25, -0.2) is 18.9 Å². The number of carbonyl (C=O) groups is 1. The second kappa shape index (κ2) is 10.4. The van der Waals surface area contributed by atoms with E-state index in [0.717, 1.165) is 48.7 Å². The zero-order chi connectivity index (χ0) is 25.1. The lowest BCUT2D eigenvalue weighted by atomic mass is 10.1. The minimum absolute atomic E-state index is 0.119. The number of H-pyrrole nitrogens is 1. The summed E-state index contributed by atoms with van der Waals surface area (Å²) < 4.78 is 22.4. The van der Waals surface area contributed by atoms with Crippen molar-refractivity contribution in [2.45, 2.75) is 13.5 Å². The number of aromatic amines is 1. The Kier molecular flexibility index (Phi) is 6.89. The maximum Gasteiger partial charge on any atom is 0.232 e. The van der Waals surface area contributed by atoms with Crippen molar-refractivity contribution in [3.05, 3.63) is 60.3 Å². The number of aromatic nitrogens is 4. The highest BCUT2D eigenvalue weighted by Gasteiger charge is 2.19. The van der Waals surface area contributed by atoms with Crippen molar-refractivity contribution in [3.8, 4) is 11.4 Å². The molecular weight excluding hydrogens is 480 g/mol. The first-order chi connectivity index (χ1) is 17.5. The molecule has 1 amide bonds. The summed E-state index contributed by atoms with van der Waals surface area (Å²) in [6.45, 7) is 4.92.